The Morgan fingerprint density at radius 3 is 2.69 bits per heavy atom. The highest BCUT2D eigenvalue weighted by Crippen LogP contribution is 2.65. The second-order valence-electron chi connectivity index (χ2n) is 11.3. The number of fused-ring (bicyclic) bond motifs is 5. The van der Waals surface area contributed by atoms with Crippen LogP contribution in [0.3, 0.4) is 0 Å². The molecule has 0 amide bonds. The summed E-state index contributed by atoms with van der Waals surface area (Å²) in [6, 6.07) is 9.54. The number of benzene rings is 1. The number of aliphatic hydroxyl groups is 1. The molecule has 1 unspecified atom stereocenters. The molecule has 0 aliphatic heterocycles. The van der Waals surface area contributed by atoms with Gasteiger partial charge in [0.2, 0.25) is 0 Å². The number of carbonyl (C=O) groups is 1. The fraction of sp³-hybridized carbons (Fsp3) is 0.536. The van der Waals surface area contributed by atoms with Gasteiger partial charge in [-0.25, -0.2) is 0 Å². The molecular weight excluding hydrogens is 494 g/mol. The van der Waals surface area contributed by atoms with Crippen LogP contribution in [-0.4, -0.2) is 24.9 Å². The van der Waals surface area contributed by atoms with Crippen molar-refractivity contribution in [3.63, 3.8) is 0 Å². The maximum absolute atomic E-state index is 13.2. The lowest BCUT2D eigenvalue weighted by Gasteiger charge is -2.52. The molecule has 3 aliphatic carbocycles. The van der Waals surface area contributed by atoms with Gasteiger partial charge < -0.3 is 9.29 Å². The van der Waals surface area contributed by atoms with Crippen LogP contribution >= 0.6 is 11.3 Å². The Morgan fingerprint density at radius 1 is 1.22 bits per heavy atom. The Morgan fingerprint density at radius 2 is 2.00 bits per heavy atom. The zero-order valence-corrected chi connectivity index (χ0v) is 22.7. The van der Waals surface area contributed by atoms with Crippen LogP contribution in [0.25, 0.3) is 6.08 Å². The van der Waals surface area contributed by atoms with E-state index < -0.39 is 15.9 Å². The molecule has 6 atom stereocenters. The summed E-state index contributed by atoms with van der Waals surface area (Å²) in [5.41, 5.74) is 0.912. The van der Waals surface area contributed by atoms with Crippen LogP contribution in [0.1, 0.15) is 72.8 Å². The number of rotatable bonds is 6. The number of hydrogen-bond acceptors (Lipinski definition) is 6. The summed E-state index contributed by atoms with van der Waals surface area (Å²) in [6.07, 6.45) is 9.06. The Labute approximate surface area is 217 Å². The van der Waals surface area contributed by atoms with E-state index in [-0.39, 0.29) is 22.9 Å². The van der Waals surface area contributed by atoms with E-state index in [9.17, 15) is 18.3 Å². The van der Waals surface area contributed by atoms with E-state index in [1.807, 2.05) is 37.3 Å². The van der Waals surface area contributed by atoms with E-state index in [0.717, 1.165) is 49.0 Å². The summed E-state index contributed by atoms with van der Waals surface area (Å²) >= 11 is 1.64. The van der Waals surface area contributed by atoms with Crippen molar-refractivity contribution in [1.29, 1.82) is 0 Å². The van der Waals surface area contributed by atoms with Crippen LogP contribution in [0.2, 0.25) is 0 Å². The van der Waals surface area contributed by atoms with Crippen LogP contribution in [0.4, 0.5) is 0 Å². The number of aryl methyl sites for hydroxylation is 2. The molecule has 2 aromatic rings. The van der Waals surface area contributed by atoms with Gasteiger partial charge >= 0.3 is 10.3 Å². The molecule has 0 saturated heterocycles. The highest BCUT2D eigenvalue weighted by atomic mass is 32.2. The predicted octanol–water partition coefficient (Wildman–Crippen LogP) is 5.14. The molecule has 1 aromatic carbocycles. The molecule has 5 rings (SSSR count). The number of thiophene rings is 1. The molecule has 0 radical (unpaired) electrons. The maximum atomic E-state index is 13.2. The molecule has 3 N–H and O–H groups in total. The molecule has 2 saturated carbocycles. The standard InChI is InChI=1S/C28H35NO5S2/c1-17-4-7-20(35-17)8-13-26(30)28(3,31)25-12-11-24-23-9-5-18-16-19(34-36(29,32)33)6-10-21(18)22(23)14-15-27(24,25)2/h4,6-8,10,13,16,22-25,31H,5,9,11-12,14-15H2,1-3H3,(H2,29,32,33)/b13-8+/t22-,23-,24+,25?,27+,28-/m1/s1. The van der Waals surface area contributed by atoms with Gasteiger partial charge in [-0.15, -0.1) is 11.3 Å². The van der Waals surface area contributed by atoms with Crippen LogP contribution in [0.15, 0.2) is 36.4 Å². The molecule has 2 fully saturated rings. The van der Waals surface area contributed by atoms with Crippen molar-refractivity contribution >= 4 is 33.5 Å². The zero-order chi connectivity index (χ0) is 25.9. The molecule has 1 aromatic heterocycles. The summed E-state index contributed by atoms with van der Waals surface area (Å²) in [5.74, 6) is 1.30. The molecule has 3 aliphatic rings. The van der Waals surface area contributed by atoms with E-state index in [2.05, 4.69) is 6.92 Å². The summed E-state index contributed by atoms with van der Waals surface area (Å²) in [4.78, 5) is 15.4. The monoisotopic (exact) mass is 529 g/mol. The normalized spacial score (nSPS) is 31.4. The Balaban J connectivity index is 1.35. The highest BCUT2D eigenvalue weighted by Gasteiger charge is 2.60. The average molecular weight is 530 g/mol. The quantitative estimate of drug-likeness (QED) is 0.504. The topological polar surface area (TPSA) is 107 Å². The molecular formula is C28H35NO5S2. The van der Waals surface area contributed by atoms with Crippen molar-refractivity contribution in [3.05, 3.63) is 57.3 Å². The minimum Gasteiger partial charge on any atom is -0.382 e. The van der Waals surface area contributed by atoms with Gasteiger partial charge in [-0.3, -0.25) is 4.79 Å². The second kappa shape index (κ2) is 9.08. The summed E-state index contributed by atoms with van der Waals surface area (Å²) in [6.45, 7) is 6.04. The van der Waals surface area contributed by atoms with Gasteiger partial charge in [0.25, 0.3) is 0 Å². The molecule has 1 heterocycles. The largest absolute Gasteiger partial charge is 0.382 e. The first-order chi connectivity index (χ1) is 16.9. The fourth-order valence-corrected chi connectivity index (χ4v) is 8.86. The Hall–Kier alpha value is -2.00. The summed E-state index contributed by atoms with van der Waals surface area (Å²) in [7, 11) is -4.05. The van der Waals surface area contributed by atoms with Crippen LogP contribution in [0, 0.1) is 30.1 Å². The Bertz CT molecular complexity index is 1310. The second-order valence-corrected chi connectivity index (χ2v) is 13.8. The van der Waals surface area contributed by atoms with Gasteiger partial charge in [-0.1, -0.05) is 13.0 Å². The lowest BCUT2D eigenvalue weighted by molar-refractivity contribution is -0.144. The fourth-order valence-electron chi connectivity index (χ4n) is 7.71. The van der Waals surface area contributed by atoms with E-state index in [0.29, 0.717) is 17.8 Å². The van der Waals surface area contributed by atoms with Crippen molar-refractivity contribution in [1.82, 2.24) is 0 Å². The van der Waals surface area contributed by atoms with Gasteiger partial charge in [0.15, 0.2) is 5.78 Å². The minimum atomic E-state index is -4.05. The van der Waals surface area contributed by atoms with Crippen LogP contribution in [-0.2, 0) is 21.5 Å². The van der Waals surface area contributed by atoms with E-state index in [1.54, 1.807) is 30.4 Å². The summed E-state index contributed by atoms with van der Waals surface area (Å²) < 4.78 is 27.6. The SMILES string of the molecule is Cc1ccc(/C=C/C(=O)[C@](C)(O)C2CC[C@H]3[C@@H]4CCc5cc(OS(N)(=O)=O)ccc5[C@H]4CC[C@]23C)s1. The minimum absolute atomic E-state index is 0.0786. The zero-order valence-electron chi connectivity index (χ0n) is 21.1. The van der Waals surface area contributed by atoms with Crippen molar-refractivity contribution in [2.24, 2.45) is 28.3 Å². The Kier molecular flexibility index (Phi) is 6.47. The predicted molar refractivity (Wildman–Crippen MR) is 142 cm³/mol. The van der Waals surface area contributed by atoms with Crippen molar-refractivity contribution in [3.8, 4) is 5.75 Å². The molecule has 6 nitrogen and oxygen atoms in total. The third-order valence-electron chi connectivity index (χ3n) is 9.25. The van der Waals surface area contributed by atoms with Gasteiger partial charge in [0.1, 0.15) is 11.4 Å². The van der Waals surface area contributed by atoms with Gasteiger partial charge in [-0.2, -0.15) is 13.6 Å². The number of hydrogen-bond donors (Lipinski definition) is 2. The molecule has 8 heteroatoms. The molecule has 36 heavy (non-hydrogen) atoms. The van der Waals surface area contributed by atoms with Crippen molar-refractivity contribution in [2.45, 2.75) is 70.8 Å². The summed E-state index contributed by atoms with van der Waals surface area (Å²) in [5, 5.41) is 16.6. The van der Waals surface area contributed by atoms with Gasteiger partial charge in [0.05, 0.1) is 0 Å². The van der Waals surface area contributed by atoms with Gasteiger partial charge in [-0.05, 0) is 123 Å². The lowest BCUT2D eigenvalue weighted by atomic mass is 9.52. The number of ketones is 1. The molecule has 0 spiro atoms. The van der Waals surface area contributed by atoms with Crippen molar-refractivity contribution in [2.75, 3.05) is 0 Å². The number of nitrogens with two attached hydrogens (primary N) is 1. The van der Waals surface area contributed by atoms with Crippen LogP contribution < -0.4 is 9.32 Å². The first-order valence-electron chi connectivity index (χ1n) is 12.7. The van der Waals surface area contributed by atoms with Crippen molar-refractivity contribution < 1.29 is 22.5 Å². The maximum Gasteiger partial charge on any atom is 0.380 e. The molecule has 0 bridgehead atoms. The lowest BCUT2D eigenvalue weighted by Crippen LogP contribution is -2.51. The smallest absolute Gasteiger partial charge is 0.380 e. The van der Waals surface area contributed by atoms with E-state index in [1.165, 1.54) is 10.4 Å². The average Bonchev–Trinajstić information content (AvgIpc) is 3.38. The van der Waals surface area contributed by atoms with Crippen LogP contribution in [0.5, 0.6) is 5.75 Å². The third-order valence-corrected chi connectivity index (χ3v) is 10.6. The first kappa shape index (κ1) is 25.6. The van der Waals surface area contributed by atoms with E-state index in [4.69, 9.17) is 9.32 Å². The third kappa shape index (κ3) is 4.57. The molecule has 194 valence electrons. The number of carbonyl (C=O) groups excluding carboxylic acids is 1. The first-order valence-corrected chi connectivity index (χ1v) is 15.0. The van der Waals surface area contributed by atoms with E-state index >= 15 is 0 Å². The van der Waals surface area contributed by atoms with Gasteiger partial charge in [0, 0.05) is 15.7 Å². The highest BCUT2D eigenvalue weighted by molar-refractivity contribution is 7.84.